The van der Waals surface area contributed by atoms with Crippen molar-refractivity contribution in [1.82, 2.24) is 0 Å². The summed E-state index contributed by atoms with van der Waals surface area (Å²) in [5, 5.41) is 9.53. The monoisotopic (exact) mass is 353 g/mol. The molecule has 3 nitrogen and oxygen atoms in total. The Balaban J connectivity index is 1.83. The van der Waals surface area contributed by atoms with E-state index >= 15 is 0 Å². The first-order valence-electron chi connectivity index (χ1n) is 9.94. The van der Waals surface area contributed by atoms with Crippen LogP contribution in [0.15, 0.2) is 36.9 Å². The van der Waals surface area contributed by atoms with Crippen molar-refractivity contribution < 1.29 is 9.53 Å². The SMILES string of the molecule is C=CCCC1(C#N)CCC(OC(=O)c2ccc(CCCCC)cc2)CC1. The molecule has 26 heavy (non-hydrogen) atoms. The van der Waals surface area contributed by atoms with Gasteiger partial charge in [0.2, 0.25) is 0 Å². The van der Waals surface area contributed by atoms with Gasteiger partial charge in [0, 0.05) is 0 Å². The van der Waals surface area contributed by atoms with Crippen LogP contribution in [0.25, 0.3) is 0 Å². The molecule has 0 N–H and O–H groups in total. The fourth-order valence-electron chi connectivity index (χ4n) is 3.66. The molecule has 1 saturated carbocycles. The molecule has 1 aromatic carbocycles. The Kier molecular flexibility index (Phi) is 7.91. The Morgan fingerprint density at radius 3 is 2.58 bits per heavy atom. The molecule has 0 bridgehead atoms. The normalized spacial score (nSPS) is 22.4. The number of nitriles is 1. The molecule has 140 valence electrons. The summed E-state index contributed by atoms with van der Waals surface area (Å²) in [6.45, 7) is 5.95. The molecule has 3 heteroatoms. The van der Waals surface area contributed by atoms with Gasteiger partial charge < -0.3 is 4.74 Å². The molecule has 0 aliphatic heterocycles. The third-order valence-electron chi connectivity index (χ3n) is 5.49. The number of hydrogen-bond acceptors (Lipinski definition) is 3. The summed E-state index contributed by atoms with van der Waals surface area (Å²) >= 11 is 0. The molecule has 0 radical (unpaired) electrons. The van der Waals surface area contributed by atoms with E-state index in [0.29, 0.717) is 5.56 Å². The van der Waals surface area contributed by atoms with Gasteiger partial charge in [-0.3, -0.25) is 0 Å². The quantitative estimate of drug-likeness (QED) is 0.311. The van der Waals surface area contributed by atoms with E-state index in [1.165, 1.54) is 24.8 Å². The number of aryl methyl sites for hydroxylation is 1. The zero-order chi connectivity index (χ0) is 18.8. The van der Waals surface area contributed by atoms with Crippen molar-refractivity contribution in [3.63, 3.8) is 0 Å². The summed E-state index contributed by atoms with van der Waals surface area (Å²) in [6.07, 6.45) is 11.4. The second-order valence-electron chi connectivity index (χ2n) is 7.48. The smallest absolute Gasteiger partial charge is 0.338 e. The van der Waals surface area contributed by atoms with E-state index in [-0.39, 0.29) is 17.5 Å². The van der Waals surface area contributed by atoms with Crippen LogP contribution in [0.1, 0.15) is 80.6 Å². The average Bonchev–Trinajstić information content (AvgIpc) is 2.68. The van der Waals surface area contributed by atoms with E-state index in [0.717, 1.165) is 44.9 Å². The van der Waals surface area contributed by atoms with Crippen LogP contribution in [-0.4, -0.2) is 12.1 Å². The van der Waals surface area contributed by atoms with E-state index in [9.17, 15) is 10.1 Å². The molecule has 0 unspecified atom stereocenters. The molecular weight excluding hydrogens is 322 g/mol. The second-order valence-corrected chi connectivity index (χ2v) is 7.48. The van der Waals surface area contributed by atoms with Gasteiger partial charge in [0.05, 0.1) is 17.0 Å². The van der Waals surface area contributed by atoms with Gasteiger partial charge in [-0.25, -0.2) is 4.79 Å². The van der Waals surface area contributed by atoms with Crippen LogP contribution in [0.4, 0.5) is 0 Å². The van der Waals surface area contributed by atoms with E-state index in [4.69, 9.17) is 4.74 Å². The number of carbonyl (C=O) groups is 1. The number of nitrogens with zero attached hydrogens (tertiary/aromatic N) is 1. The highest BCUT2D eigenvalue weighted by Gasteiger charge is 2.36. The lowest BCUT2D eigenvalue weighted by Gasteiger charge is -2.34. The zero-order valence-electron chi connectivity index (χ0n) is 16.0. The maximum atomic E-state index is 12.4. The largest absolute Gasteiger partial charge is 0.459 e. The molecule has 1 fully saturated rings. The maximum Gasteiger partial charge on any atom is 0.338 e. The first-order chi connectivity index (χ1) is 12.6. The van der Waals surface area contributed by atoms with Gasteiger partial charge in [0.25, 0.3) is 0 Å². The minimum Gasteiger partial charge on any atom is -0.459 e. The van der Waals surface area contributed by atoms with Crippen LogP contribution >= 0.6 is 0 Å². The first-order valence-corrected chi connectivity index (χ1v) is 9.94. The molecule has 1 aromatic rings. The zero-order valence-corrected chi connectivity index (χ0v) is 16.0. The summed E-state index contributed by atoms with van der Waals surface area (Å²) in [5.74, 6) is -0.245. The Hall–Kier alpha value is -2.08. The average molecular weight is 354 g/mol. The highest BCUT2D eigenvalue weighted by atomic mass is 16.5. The molecule has 1 aliphatic carbocycles. The molecule has 0 atom stereocenters. The molecule has 0 heterocycles. The number of hydrogen-bond donors (Lipinski definition) is 0. The predicted octanol–water partition coefficient (Wildman–Crippen LogP) is 5.99. The van der Waals surface area contributed by atoms with Gasteiger partial charge in [-0.05, 0) is 69.1 Å². The predicted molar refractivity (Wildman–Crippen MR) is 105 cm³/mol. The third-order valence-corrected chi connectivity index (χ3v) is 5.49. The molecular formula is C23H31NO2. The summed E-state index contributed by atoms with van der Waals surface area (Å²) in [7, 11) is 0. The van der Waals surface area contributed by atoms with Crippen LogP contribution < -0.4 is 0 Å². The standard InChI is InChI=1S/C23H31NO2/c1-3-5-7-8-19-9-11-20(12-10-19)22(25)26-21-13-16-23(18-24,17-14-21)15-6-4-2/h4,9-12,21H,2-3,5-8,13-17H2,1H3. The Labute approximate surface area is 158 Å². The summed E-state index contributed by atoms with van der Waals surface area (Å²) < 4.78 is 5.69. The van der Waals surface area contributed by atoms with Crippen LogP contribution in [0.5, 0.6) is 0 Å². The molecule has 2 rings (SSSR count). The summed E-state index contributed by atoms with van der Waals surface area (Å²) in [6, 6.07) is 10.3. The number of esters is 1. The van der Waals surface area contributed by atoms with Crippen molar-refractivity contribution in [2.75, 3.05) is 0 Å². The van der Waals surface area contributed by atoms with Gasteiger partial charge in [-0.15, -0.1) is 6.58 Å². The number of ether oxygens (including phenoxy) is 1. The van der Waals surface area contributed by atoms with Crippen molar-refractivity contribution in [1.29, 1.82) is 5.26 Å². The van der Waals surface area contributed by atoms with Crippen LogP contribution in [0.2, 0.25) is 0 Å². The first kappa shape index (κ1) is 20.2. The number of carbonyl (C=O) groups excluding carboxylic acids is 1. The number of rotatable bonds is 9. The molecule has 0 amide bonds. The van der Waals surface area contributed by atoms with Crippen molar-refractivity contribution in [3.8, 4) is 6.07 Å². The van der Waals surface area contributed by atoms with Crippen LogP contribution in [-0.2, 0) is 11.2 Å². The van der Waals surface area contributed by atoms with E-state index in [1.54, 1.807) is 0 Å². The van der Waals surface area contributed by atoms with Crippen molar-refractivity contribution in [2.45, 2.75) is 77.2 Å². The van der Waals surface area contributed by atoms with Crippen LogP contribution in [0.3, 0.4) is 0 Å². The highest BCUT2D eigenvalue weighted by molar-refractivity contribution is 5.89. The Morgan fingerprint density at radius 2 is 2.00 bits per heavy atom. The Bertz CT molecular complexity index is 619. The highest BCUT2D eigenvalue weighted by Crippen LogP contribution is 2.40. The van der Waals surface area contributed by atoms with Crippen molar-refractivity contribution in [2.24, 2.45) is 5.41 Å². The maximum absolute atomic E-state index is 12.4. The fourth-order valence-corrected chi connectivity index (χ4v) is 3.66. The van der Waals surface area contributed by atoms with Gasteiger partial charge >= 0.3 is 5.97 Å². The summed E-state index contributed by atoms with van der Waals surface area (Å²) in [5.41, 5.74) is 1.62. The fraction of sp³-hybridized carbons (Fsp3) is 0.565. The van der Waals surface area contributed by atoms with E-state index < -0.39 is 0 Å². The second kappa shape index (κ2) is 10.2. The van der Waals surface area contributed by atoms with E-state index in [2.05, 4.69) is 19.6 Å². The lowest BCUT2D eigenvalue weighted by molar-refractivity contribution is 0.0108. The minimum atomic E-state index is -0.267. The Morgan fingerprint density at radius 1 is 1.31 bits per heavy atom. The van der Waals surface area contributed by atoms with Crippen molar-refractivity contribution >= 4 is 5.97 Å². The molecule has 0 aromatic heterocycles. The lowest BCUT2D eigenvalue weighted by Crippen LogP contribution is -2.31. The third kappa shape index (κ3) is 5.73. The topological polar surface area (TPSA) is 50.1 Å². The minimum absolute atomic E-state index is 0.0723. The molecule has 1 aliphatic rings. The van der Waals surface area contributed by atoms with Crippen molar-refractivity contribution in [3.05, 3.63) is 48.0 Å². The summed E-state index contributed by atoms with van der Waals surface area (Å²) in [4.78, 5) is 12.4. The number of unbranched alkanes of at least 4 members (excludes halogenated alkanes) is 2. The lowest BCUT2D eigenvalue weighted by atomic mass is 9.71. The van der Waals surface area contributed by atoms with E-state index in [1.807, 2.05) is 30.3 Å². The van der Waals surface area contributed by atoms with Gasteiger partial charge in [0.15, 0.2) is 0 Å². The number of allylic oxidation sites excluding steroid dienone is 1. The number of benzene rings is 1. The van der Waals surface area contributed by atoms with Gasteiger partial charge in [-0.1, -0.05) is 38.0 Å². The van der Waals surface area contributed by atoms with Gasteiger partial charge in [-0.2, -0.15) is 5.26 Å². The van der Waals surface area contributed by atoms with Crippen LogP contribution in [0, 0.1) is 16.7 Å². The van der Waals surface area contributed by atoms with Gasteiger partial charge in [0.1, 0.15) is 6.10 Å². The molecule has 0 saturated heterocycles. The molecule has 0 spiro atoms.